The number of methoxy groups -OCH3 is 1. The van der Waals surface area contributed by atoms with Gasteiger partial charge in [-0.15, -0.1) is 11.3 Å². The normalized spacial score (nSPS) is 11.1. The fourth-order valence-corrected chi connectivity index (χ4v) is 3.54. The van der Waals surface area contributed by atoms with Gasteiger partial charge in [0.05, 0.1) is 18.5 Å². The Hall–Kier alpha value is -2.88. The first-order valence-electron chi connectivity index (χ1n) is 8.12. The summed E-state index contributed by atoms with van der Waals surface area (Å²) in [4.78, 5) is 4.58. The largest absolute Gasteiger partial charge is 0.495 e. The minimum absolute atomic E-state index is 0.193. The van der Waals surface area contributed by atoms with Crippen LogP contribution in [0, 0.1) is 25.2 Å². The van der Waals surface area contributed by atoms with Crippen LogP contribution in [0.1, 0.15) is 16.1 Å². The quantitative estimate of drug-likeness (QED) is 0.461. The molecule has 2 aromatic carbocycles. The van der Waals surface area contributed by atoms with Crippen molar-refractivity contribution >= 4 is 34.3 Å². The van der Waals surface area contributed by atoms with Gasteiger partial charge in [-0.05, 0) is 37.6 Å². The molecule has 27 heavy (non-hydrogen) atoms. The summed E-state index contributed by atoms with van der Waals surface area (Å²) in [5, 5.41) is 16.7. The number of nitrogens with one attached hydrogen (secondary N) is 1. The molecular formula is C20H17ClN4OS. The van der Waals surface area contributed by atoms with E-state index >= 15 is 0 Å². The molecule has 0 bridgehead atoms. The van der Waals surface area contributed by atoms with Crippen LogP contribution in [0.4, 0.5) is 5.69 Å². The number of benzene rings is 2. The minimum atomic E-state index is 0.193. The summed E-state index contributed by atoms with van der Waals surface area (Å²) in [5.74, 6) is 0.579. The standard InChI is InChI=1S/C20H17ClN4OS/c1-12-4-6-15(13(2)8-12)18-11-27-20(23-18)17(10-22)25-24-16-9-14(21)5-7-19(16)26-3/h4-9,11,24H,1-3H3. The maximum absolute atomic E-state index is 9.50. The van der Waals surface area contributed by atoms with Gasteiger partial charge >= 0.3 is 0 Å². The Morgan fingerprint density at radius 3 is 2.78 bits per heavy atom. The number of hydrogen-bond acceptors (Lipinski definition) is 6. The molecular weight excluding hydrogens is 380 g/mol. The molecule has 0 radical (unpaired) electrons. The van der Waals surface area contributed by atoms with Gasteiger partial charge in [0.1, 0.15) is 11.8 Å². The zero-order valence-electron chi connectivity index (χ0n) is 15.1. The topological polar surface area (TPSA) is 70.3 Å². The van der Waals surface area contributed by atoms with Crippen molar-refractivity contribution in [2.75, 3.05) is 12.5 Å². The smallest absolute Gasteiger partial charge is 0.196 e. The Labute approximate surface area is 166 Å². The lowest BCUT2D eigenvalue weighted by Gasteiger charge is -2.07. The van der Waals surface area contributed by atoms with E-state index in [1.807, 2.05) is 24.4 Å². The van der Waals surface area contributed by atoms with Crippen molar-refractivity contribution < 1.29 is 4.74 Å². The molecule has 3 rings (SSSR count). The summed E-state index contributed by atoms with van der Waals surface area (Å²) in [6.45, 7) is 4.10. The number of nitriles is 1. The fraction of sp³-hybridized carbons (Fsp3) is 0.150. The number of nitrogens with zero attached hydrogens (tertiary/aromatic N) is 3. The Bertz CT molecular complexity index is 1050. The van der Waals surface area contributed by atoms with Crippen LogP contribution in [0.15, 0.2) is 46.9 Å². The fourth-order valence-electron chi connectivity index (χ4n) is 2.61. The molecule has 0 saturated heterocycles. The van der Waals surface area contributed by atoms with E-state index in [4.69, 9.17) is 16.3 Å². The highest BCUT2D eigenvalue weighted by atomic mass is 35.5. The third kappa shape index (κ3) is 4.27. The molecule has 0 aliphatic carbocycles. The molecule has 1 aromatic heterocycles. The number of aromatic nitrogens is 1. The Balaban J connectivity index is 1.89. The number of anilines is 1. The highest BCUT2D eigenvalue weighted by Crippen LogP contribution is 2.29. The highest BCUT2D eigenvalue weighted by molar-refractivity contribution is 7.12. The SMILES string of the molecule is COc1ccc(Cl)cc1NN=C(C#N)c1nc(-c2ccc(C)cc2C)cs1. The molecule has 1 N–H and O–H groups in total. The lowest BCUT2D eigenvalue weighted by Crippen LogP contribution is -2.02. The van der Waals surface area contributed by atoms with E-state index in [0.717, 1.165) is 16.8 Å². The van der Waals surface area contributed by atoms with E-state index in [1.165, 1.54) is 16.9 Å². The first kappa shape index (κ1) is 18.9. The third-order valence-electron chi connectivity index (χ3n) is 3.92. The zero-order valence-corrected chi connectivity index (χ0v) is 16.6. The zero-order chi connectivity index (χ0) is 19.4. The van der Waals surface area contributed by atoms with Gasteiger partial charge in [-0.2, -0.15) is 10.4 Å². The number of aryl methyl sites for hydroxylation is 2. The van der Waals surface area contributed by atoms with Gasteiger partial charge in [0.15, 0.2) is 10.7 Å². The van der Waals surface area contributed by atoms with Crippen LogP contribution >= 0.6 is 22.9 Å². The average molecular weight is 397 g/mol. The number of ether oxygens (including phenoxy) is 1. The predicted molar refractivity (Wildman–Crippen MR) is 111 cm³/mol. The predicted octanol–water partition coefficient (Wildman–Crippen LogP) is 5.43. The molecule has 0 fully saturated rings. The summed E-state index contributed by atoms with van der Waals surface area (Å²) in [5.41, 5.74) is 7.83. The van der Waals surface area contributed by atoms with Crippen molar-refractivity contribution in [3.05, 3.63) is 62.9 Å². The van der Waals surface area contributed by atoms with Gasteiger partial charge in [0.2, 0.25) is 0 Å². The number of halogens is 1. The van der Waals surface area contributed by atoms with Gasteiger partial charge < -0.3 is 4.74 Å². The van der Waals surface area contributed by atoms with Gasteiger partial charge in [0, 0.05) is 16.0 Å². The first-order chi connectivity index (χ1) is 13.0. The summed E-state index contributed by atoms with van der Waals surface area (Å²) in [6, 6.07) is 13.4. The molecule has 0 amide bonds. The Morgan fingerprint density at radius 1 is 1.26 bits per heavy atom. The van der Waals surface area contributed by atoms with Crippen LogP contribution in [-0.2, 0) is 0 Å². The second kappa shape index (κ2) is 8.21. The van der Waals surface area contributed by atoms with E-state index in [0.29, 0.717) is 21.5 Å². The molecule has 5 nitrogen and oxygen atoms in total. The van der Waals surface area contributed by atoms with E-state index in [9.17, 15) is 5.26 Å². The second-order valence-corrected chi connectivity index (χ2v) is 7.18. The summed E-state index contributed by atoms with van der Waals surface area (Å²) in [6.07, 6.45) is 0. The molecule has 3 aromatic rings. The van der Waals surface area contributed by atoms with Crippen molar-refractivity contribution in [2.24, 2.45) is 5.10 Å². The van der Waals surface area contributed by atoms with Gasteiger partial charge in [0.25, 0.3) is 0 Å². The van der Waals surface area contributed by atoms with E-state index in [-0.39, 0.29) is 5.71 Å². The van der Waals surface area contributed by atoms with Crippen molar-refractivity contribution in [3.63, 3.8) is 0 Å². The first-order valence-corrected chi connectivity index (χ1v) is 9.38. The molecule has 0 unspecified atom stereocenters. The molecule has 7 heteroatoms. The van der Waals surface area contributed by atoms with Crippen LogP contribution in [0.25, 0.3) is 11.3 Å². The van der Waals surface area contributed by atoms with Crippen LogP contribution in [0.2, 0.25) is 5.02 Å². The molecule has 1 heterocycles. The van der Waals surface area contributed by atoms with Gasteiger partial charge in [-0.1, -0.05) is 35.4 Å². The van der Waals surface area contributed by atoms with Crippen molar-refractivity contribution in [1.82, 2.24) is 4.98 Å². The summed E-state index contributed by atoms with van der Waals surface area (Å²) < 4.78 is 5.27. The van der Waals surface area contributed by atoms with Crippen LogP contribution in [-0.4, -0.2) is 17.8 Å². The number of thiazole rings is 1. The van der Waals surface area contributed by atoms with E-state index < -0.39 is 0 Å². The Kier molecular flexibility index (Phi) is 5.75. The van der Waals surface area contributed by atoms with Gasteiger partial charge in [-0.25, -0.2) is 4.98 Å². The molecule has 0 saturated carbocycles. The molecule has 136 valence electrons. The molecule has 0 aliphatic rings. The summed E-state index contributed by atoms with van der Waals surface area (Å²) >= 11 is 7.39. The van der Waals surface area contributed by atoms with E-state index in [2.05, 4.69) is 34.6 Å². The van der Waals surface area contributed by atoms with Crippen molar-refractivity contribution in [2.45, 2.75) is 13.8 Å². The monoisotopic (exact) mass is 396 g/mol. The molecule has 0 spiro atoms. The Morgan fingerprint density at radius 2 is 2.07 bits per heavy atom. The lowest BCUT2D eigenvalue weighted by molar-refractivity contribution is 0.416. The van der Waals surface area contributed by atoms with Gasteiger partial charge in [-0.3, -0.25) is 5.43 Å². The lowest BCUT2D eigenvalue weighted by atomic mass is 10.0. The number of rotatable bonds is 5. The minimum Gasteiger partial charge on any atom is -0.495 e. The average Bonchev–Trinajstić information content (AvgIpc) is 3.12. The maximum Gasteiger partial charge on any atom is 0.196 e. The molecule has 0 aliphatic heterocycles. The summed E-state index contributed by atoms with van der Waals surface area (Å²) in [7, 11) is 1.56. The van der Waals surface area contributed by atoms with E-state index in [1.54, 1.807) is 25.3 Å². The maximum atomic E-state index is 9.50. The number of hydrazone groups is 1. The van der Waals surface area contributed by atoms with Crippen LogP contribution in [0.5, 0.6) is 5.75 Å². The number of hydrogen-bond donors (Lipinski definition) is 1. The van der Waals surface area contributed by atoms with Crippen molar-refractivity contribution in [3.8, 4) is 23.1 Å². The molecule has 0 atom stereocenters. The second-order valence-electron chi connectivity index (χ2n) is 5.88. The van der Waals surface area contributed by atoms with Crippen molar-refractivity contribution in [1.29, 1.82) is 5.26 Å². The van der Waals surface area contributed by atoms with Crippen LogP contribution in [0.3, 0.4) is 0 Å². The van der Waals surface area contributed by atoms with Crippen LogP contribution < -0.4 is 10.2 Å². The third-order valence-corrected chi connectivity index (χ3v) is 5.00. The highest BCUT2D eigenvalue weighted by Gasteiger charge is 2.12.